The van der Waals surface area contributed by atoms with Crippen molar-refractivity contribution in [3.8, 4) is 0 Å². The molecule has 0 saturated carbocycles. The molecule has 0 aliphatic rings. The second-order valence-corrected chi connectivity index (χ2v) is 6.45. The highest BCUT2D eigenvalue weighted by Gasteiger charge is 2.09. The van der Waals surface area contributed by atoms with Gasteiger partial charge in [-0.2, -0.15) is 0 Å². The molecule has 0 bridgehead atoms. The Balaban J connectivity index is 3.63. The first kappa shape index (κ1) is 19.7. The van der Waals surface area contributed by atoms with Crippen LogP contribution in [0.1, 0.15) is 66.2 Å². The van der Waals surface area contributed by atoms with Gasteiger partial charge in [0.1, 0.15) is 0 Å². The number of hydrogen-bond donors (Lipinski definition) is 3. The van der Waals surface area contributed by atoms with Crippen LogP contribution in [0.2, 0.25) is 0 Å². The smallest absolute Gasteiger partial charge is 0.314 e. The maximum absolute atomic E-state index is 11.7. The lowest BCUT2D eigenvalue weighted by Crippen LogP contribution is -2.41. The van der Waals surface area contributed by atoms with Crippen molar-refractivity contribution in [3.05, 3.63) is 0 Å². The van der Waals surface area contributed by atoms with Crippen molar-refractivity contribution in [2.24, 2.45) is 11.8 Å². The molecule has 0 fully saturated rings. The molecule has 2 amide bonds. The number of carboxylic acids is 1. The minimum absolute atomic E-state index is 0.127. The predicted molar refractivity (Wildman–Crippen MR) is 85.3 cm³/mol. The van der Waals surface area contributed by atoms with E-state index in [0.717, 1.165) is 19.3 Å². The average molecular weight is 300 g/mol. The van der Waals surface area contributed by atoms with Crippen LogP contribution in [0.5, 0.6) is 0 Å². The van der Waals surface area contributed by atoms with Crippen molar-refractivity contribution < 1.29 is 14.7 Å². The fourth-order valence-electron chi connectivity index (χ4n) is 2.13. The fraction of sp³-hybridized carbons (Fsp3) is 0.875. The normalized spacial score (nSPS) is 13.8. The van der Waals surface area contributed by atoms with Gasteiger partial charge in [-0.05, 0) is 38.0 Å². The van der Waals surface area contributed by atoms with Crippen molar-refractivity contribution in [1.29, 1.82) is 0 Å². The van der Waals surface area contributed by atoms with Gasteiger partial charge in [0.15, 0.2) is 0 Å². The number of carbonyl (C=O) groups is 2. The van der Waals surface area contributed by atoms with Gasteiger partial charge in [0.25, 0.3) is 0 Å². The van der Waals surface area contributed by atoms with Crippen LogP contribution in [-0.4, -0.2) is 29.7 Å². The highest BCUT2D eigenvalue weighted by Crippen LogP contribution is 2.09. The third-order valence-corrected chi connectivity index (χ3v) is 3.57. The third-order valence-electron chi connectivity index (χ3n) is 3.57. The molecule has 0 aliphatic heterocycles. The fourth-order valence-corrected chi connectivity index (χ4v) is 2.13. The summed E-state index contributed by atoms with van der Waals surface area (Å²) in [4.78, 5) is 22.1. The lowest BCUT2D eigenvalue weighted by Gasteiger charge is -2.16. The first-order chi connectivity index (χ1) is 9.81. The van der Waals surface area contributed by atoms with Crippen LogP contribution in [-0.2, 0) is 4.79 Å². The van der Waals surface area contributed by atoms with Crippen molar-refractivity contribution in [3.63, 3.8) is 0 Å². The lowest BCUT2D eigenvalue weighted by molar-refractivity contribution is -0.137. The Morgan fingerprint density at radius 1 is 1.00 bits per heavy atom. The van der Waals surface area contributed by atoms with E-state index in [0.29, 0.717) is 24.8 Å². The summed E-state index contributed by atoms with van der Waals surface area (Å²) in [6.45, 7) is 9.03. The third kappa shape index (κ3) is 13.5. The summed E-state index contributed by atoms with van der Waals surface area (Å²) in [7, 11) is 0. The predicted octanol–water partition coefficient (Wildman–Crippen LogP) is 3.39. The van der Waals surface area contributed by atoms with Crippen LogP contribution in [0.15, 0.2) is 0 Å². The summed E-state index contributed by atoms with van der Waals surface area (Å²) in [5.74, 6) is 0.256. The van der Waals surface area contributed by atoms with E-state index in [1.807, 2.05) is 13.8 Å². The van der Waals surface area contributed by atoms with E-state index in [1.165, 1.54) is 6.42 Å². The Morgan fingerprint density at radius 3 is 2.24 bits per heavy atom. The Bertz CT molecular complexity index is 306. The highest BCUT2D eigenvalue weighted by atomic mass is 16.4. The van der Waals surface area contributed by atoms with E-state index in [9.17, 15) is 9.59 Å². The molecule has 0 aromatic heterocycles. The van der Waals surface area contributed by atoms with Gasteiger partial charge in [0.2, 0.25) is 0 Å². The number of amides is 2. The van der Waals surface area contributed by atoms with Gasteiger partial charge < -0.3 is 15.7 Å². The molecule has 2 atom stereocenters. The van der Waals surface area contributed by atoms with Crippen LogP contribution in [0, 0.1) is 11.8 Å². The molecule has 0 aromatic rings. The van der Waals surface area contributed by atoms with E-state index in [-0.39, 0.29) is 18.5 Å². The molecule has 21 heavy (non-hydrogen) atoms. The molecule has 2 unspecified atom stereocenters. The zero-order valence-corrected chi connectivity index (χ0v) is 13.9. The topological polar surface area (TPSA) is 78.4 Å². The summed E-state index contributed by atoms with van der Waals surface area (Å²) in [6, 6.07) is 0.0608. The van der Waals surface area contributed by atoms with Crippen LogP contribution in [0.25, 0.3) is 0 Å². The molecule has 0 heterocycles. The maximum Gasteiger partial charge on any atom is 0.314 e. The van der Waals surface area contributed by atoms with Gasteiger partial charge in [-0.1, -0.05) is 33.6 Å². The van der Waals surface area contributed by atoms with Gasteiger partial charge in [0.05, 0.1) is 0 Å². The number of nitrogens with one attached hydrogen (secondary N) is 2. The van der Waals surface area contributed by atoms with Crippen molar-refractivity contribution in [2.45, 2.75) is 72.3 Å². The quantitative estimate of drug-likeness (QED) is 0.547. The molecule has 0 spiro atoms. The van der Waals surface area contributed by atoms with Crippen molar-refractivity contribution >= 4 is 12.0 Å². The molecule has 5 nitrogen and oxygen atoms in total. The molecule has 0 saturated heterocycles. The van der Waals surface area contributed by atoms with E-state index >= 15 is 0 Å². The van der Waals surface area contributed by atoms with Crippen molar-refractivity contribution in [1.82, 2.24) is 10.6 Å². The number of carbonyl (C=O) groups excluding carboxylic acids is 1. The van der Waals surface area contributed by atoms with Crippen molar-refractivity contribution in [2.75, 3.05) is 6.54 Å². The minimum atomic E-state index is -0.761. The van der Waals surface area contributed by atoms with E-state index in [1.54, 1.807) is 0 Å². The Labute approximate surface area is 128 Å². The molecule has 0 aromatic carbocycles. The second kappa shape index (κ2) is 11.4. The molecule has 0 aliphatic carbocycles. The molecule has 0 rings (SSSR count). The van der Waals surface area contributed by atoms with Gasteiger partial charge >= 0.3 is 12.0 Å². The minimum Gasteiger partial charge on any atom is -0.481 e. The summed E-state index contributed by atoms with van der Waals surface area (Å²) in [5.41, 5.74) is 0. The zero-order chi connectivity index (χ0) is 16.3. The Hall–Kier alpha value is -1.26. The average Bonchev–Trinajstić information content (AvgIpc) is 2.35. The first-order valence-corrected chi connectivity index (χ1v) is 8.07. The molecule has 3 N–H and O–H groups in total. The van der Waals surface area contributed by atoms with Gasteiger partial charge in [0, 0.05) is 19.0 Å². The summed E-state index contributed by atoms with van der Waals surface area (Å²) >= 11 is 0. The first-order valence-electron chi connectivity index (χ1n) is 8.07. The summed E-state index contributed by atoms with van der Waals surface area (Å²) in [5, 5.41) is 14.4. The number of rotatable bonds is 11. The van der Waals surface area contributed by atoms with E-state index in [2.05, 4.69) is 24.5 Å². The Morgan fingerprint density at radius 2 is 1.67 bits per heavy atom. The number of urea groups is 1. The maximum atomic E-state index is 11.7. The van der Waals surface area contributed by atoms with Crippen LogP contribution < -0.4 is 10.6 Å². The molecule has 5 heteroatoms. The largest absolute Gasteiger partial charge is 0.481 e. The van der Waals surface area contributed by atoms with Crippen LogP contribution >= 0.6 is 0 Å². The standard InChI is InChI=1S/C16H32N2O3/c1-12(2)6-5-7-14(4)18-16(21)17-11-10-13(3)8-9-15(19)20/h12-14H,5-11H2,1-4H3,(H,19,20)(H2,17,18,21). The van der Waals surface area contributed by atoms with Gasteiger partial charge in [-0.3, -0.25) is 4.79 Å². The summed E-state index contributed by atoms with van der Waals surface area (Å²) < 4.78 is 0. The Kier molecular flexibility index (Phi) is 10.7. The van der Waals surface area contributed by atoms with Gasteiger partial charge in [-0.25, -0.2) is 4.79 Å². The number of hydrogen-bond acceptors (Lipinski definition) is 2. The molecule has 124 valence electrons. The van der Waals surface area contributed by atoms with E-state index in [4.69, 9.17) is 5.11 Å². The second-order valence-electron chi connectivity index (χ2n) is 6.45. The highest BCUT2D eigenvalue weighted by molar-refractivity contribution is 5.74. The number of aliphatic carboxylic acids is 1. The molecular weight excluding hydrogens is 268 g/mol. The monoisotopic (exact) mass is 300 g/mol. The lowest BCUT2D eigenvalue weighted by atomic mass is 10.0. The SMILES string of the molecule is CC(C)CCCC(C)NC(=O)NCCC(C)CCC(=O)O. The zero-order valence-electron chi connectivity index (χ0n) is 13.9. The number of carboxylic acid groups (broad SMARTS) is 1. The summed E-state index contributed by atoms with van der Waals surface area (Å²) in [6.07, 6.45) is 4.98. The molecule has 0 radical (unpaired) electrons. The van der Waals surface area contributed by atoms with Gasteiger partial charge in [-0.15, -0.1) is 0 Å². The van der Waals surface area contributed by atoms with Crippen LogP contribution in [0.4, 0.5) is 4.79 Å². The van der Waals surface area contributed by atoms with E-state index < -0.39 is 5.97 Å². The van der Waals surface area contributed by atoms with Crippen LogP contribution in [0.3, 0.4) is 0 Å². The molecular formula is C16H32N2O3.